The van der Waals surface area contributed by atoms with E-state index in [2.05, 4.69) is 6.92 Å². The summed E-state index contributed by atoms with van der Waals surface area (Å²) in [6.45, 7) is 4.84. The van der Waals surface area contributed by atoms with Gasteiger partial charge in [0.2, 0.25) is 0 Å². The monoisotopic (exact) mass is 149 g/mol. The van der Waals surface area contributed by atoms with E-state index >= 15 is 0 Å². The Morgan fingerprint density at radius 3 is 3.09 bits per heavy atom. The number of fused-ring (bicyclic) bond motifs is 1. The predicted octanol–water partition coefficient (Wildman–Crippen LogP) is 1.74. The summed E-state index contributed by atoms with van der Waals surface area (Å²) in [5.41, 5.74) is 2.02. The summed E-state index contributed by atoms with van der Waals surface area (Å²) in [6, 6.07) is 5.88. The largest absolute Gasteiger partial charge is 0.467 e. The molecule has 1 heterocycles. The molecule has 1 aromatic rings. The van der Waals surface area contributed by atoms with Crippen molar-refractivity contribution in [2.75, 3.05) is 6.79 Å². The average molecular weight is 149 g/mol. The van der Waals surface area contributed by atoms with Gasteiger partial charge in [-0.05, 0) is 12.5 Å². The van der Waals surface area contributed by atoms with Gasteiger partial charge in [0.05, 0.1) is 6.61 Å². The van der Waals surface area contributed by atoms with Gasteiger partial charge in [0.15, 0.2) is 6.79 Å². The highest BCUT2D eigenvalue weighted by Gasteiger charge is 2.11. The van der Waals surface area contributed by atoms with Gasteiger partial charge in [0.25, 0.3) is 0 Å². The second kappa shape index (κ2) is 2.55. The molecular formula is C9H9O2. The highest BCUT2D eigenvalue weighted by Crippen LogP contribution is 2.26. The molecule has 1 aliphatic rings. The maximum atomic E-state index is 5.27. The van der Waals surface area contributed by atoms with E-state index in [1.54, 1.807) is 0 Å². The summed E-state index contributed by atoms with van der Waals surface area (Å²) in [5, 5.41) is 0. The van der Waals surface area contributed by atoms with Gasteiger partial charge in [0.1, 0.15) is 5.75 Å². The van der Waals surface area contributed by atoms with Crippen molar-refractivity contribution in [3.63, 3.8) is 0 Å². The van der Waals surface area contributed by atoms with Crippen LogP contribution in [0.3, 0.4) is 0 Å². The summed E-state index contributed by atoms with van der Waals surface area (Å²) in [5.74, 6) is 0.888. The molecule has 2 rings (SSSR count). The molecule has 0 N–H and O–H groups in total. The molecular weight excluding hydrogens is 140 g/mol. The summed E-state index contributed by atoms with van der Waals surface area (Å²) >= 11 is 0. The number of hydrogen-bond acceptors (Lipinski definition) is 2. The number of para-hydroxylation sites is 1. The fourth-order valence-electron chi connectivity index (χ4n) is 1.19. The van der Waals surface area contributed by atoms with Gasteiger partial charge >= 0.3 is 0 Å². The van der Waals surface area contributed by atoms with Crippen molar-refractivity contribution < 1.29 is 9.47 Å². The van der Waals surface area contributed by atoms with E-state index in [0.717, 1.165) is 16.9 Å². The van der Waals surface area contributed by atoms with E-state index in [1.165, 1.54) is 0 Å². The van der Waals surface area contributed by atoms with E-state index in [-0.39, 0.29) is 0 Å². The SMILES string of the molecule is [CH2]c1cccc2c1OCOC2. The van der Waals surface area contributed by atoms with Crippen LogP contribution in [0.25, 0.3) is 0 Å². The molecule has 1 aromatic carbocycles. The minimum Gasteiger partial charge on any atom is -0.467 e. The van der Waals surface area contributed by atoms with Crippen molar-refractivity contribution in [1.29, 1.82) is 0 Å². The minimum absolute atomic E-state index is 0.347. The van der Waals surface area contributed by atoms with Crippen molar-refractivity contribution in [3.05, 3.63) is 36.2 Å². The fraction of sp³-hybridized carbons (Fsp3) is 0.222. The first kappa shape index (κ1) is 6.68. The molecule has 0 spiro atoms. The lowest BCUT2D eigenvalue weighted by molar-refractivity contribution is -0.0166. The Labute approximate surface area is 65.7 Å². The van der Waals surface area contributed by atoms with Crippen LogP contribution < -0.4 is 4.74 Å². The predicted molar refractivity (Wildman–Crippen MR) is 41.2 cm³/mol. The lowest BCUT2D eigenvalue weighted by Gasteiger charge is -2.18. The third-order valence-corrected chi connectivity index (χ3v) is 1.72. The van der Waals surface area contributed by atoms with E-state index in [9.17, 15) is 0 Å². The Balaban J connectivity index is 2.49. The Hall–Kier alpha value is -1.02. The van der Waals surface area contributed by atoms with Crippen molar-refractivity contribution in [1.82, 2.24) is 0 Å². The van der Waals surface area contributed by atoms with Crippen LogP contribution in [0.2, 0.25) is 0 Å². The first-order chi connectivity index (χ1) is 5.38. The molecule has 11 heavy (non-hydrogen) atoms. The van der Waals surface area contributed by atoms with Gasteiger partial charge in [-0.25, -0.2) is 0 Å². The third kappa shape index (κ3) is 1.10. The normalized spacial score (nSPS) is 15.4. The molecule has 0 atom stereocenters. The van der Waals surface area contributed by atoms with Crippen molar-refractivity contribution in [2.45, 2.75) is 6.61 Å². The molecule has 57 valence electrons. The number of ether oxygens (including phenoxy) is 2. The average Bonchev–Trinajstić information content (AvgIpc) is 2.06. The van der Waals surface area contributed by atoms with Crippen LogP contribution in [0.1, 0.15) is 11.1 Å². The van der Waals surface area contributed by atoms with Gasteiger partial charge < -0.3 is 9.47 Å². The van der Waals surface area contributed by atoms with Gasteiger partial charge in [0, 0.05) is 5.56 Å². The summed E-state index contributed by atoms with van der Waals surface area (Å²) in [4.78, 5) is 0. The quantitative estimate of drug-likeness (QED) is 0.559. The van der Waals surface area contributed by atoms with Crippen LogP contribution in [0.5, 0.6) is 5.75 Å². The highest BCUT2D eigenvalue weighted by atomic mass is 16.7. The number of rotatable bonds is 0. The lowest BCUT2D eigenvalue weighted by Crippen LogP contribution is -2.11. The second-order valence-corrected chi connectivity index (χ2v) is 2.52. The van der Waals surface area contributed by atoms with Crippen LogP contribution in [0, 0.1) is 6.92 Å². The van der Waals surface area contributed by atoms with Crippen LogP contribution in [-0.2, 0) is 11.3 Å². The summed E-state index contributed by atoms with van der Waals surface area (Å²) in [6.07, 6.45) is 0. The second-order valence-electron chi connectivity index (χ2n) is 2.52. The van der Waals surface area contributed by atoms with Crippen LogP contribution in [-0.4, -0.2) is 6.79 Å². The molecule has 0 saturated heterocycles. The molecule has 1 aliphatic heterocycles. The molecule has 0 saturated carbocycles. The van der Waals surface area contributed by atoms with Gasteiger partial charge in [-0.3, -0.25) is 0 Å². The first-order valence-corrected chi connectivity index (χ1v) is 3.52. The Bertz CT molecular complexity index is 268. The molecule has 0 fully saturated rings. The van der Waals surface area contributed by atoms with E-state index < -0.39 is 0 Å². The van der Waals surface area contributed by atoms with Gasteiger partial charge in [-0.2, -0.15) is 0 Å². The Morgan fingerprint density at radius 1 is 1.36 bits per heavy atom. The summed E-state index contributed by atoms with van der Waals surface area (Å²) in [7, 11) is 0. The van der Waals surface area contributed by atoms with Gasteiger partial charge in [-0.15, -0.1) is 0 Å². The molecule has 2 nitrogen and oxygen atoms in total. The standard InChI is InChI=1S/C9H9O2/c1-7-3-2-4-8-5-10-6-11-9(7)8/h2-4H,1,5-6H2. The molecule has 0 aromatic heterocycles. The highest BCUT2D eigenvalue weighted by molar-refractivity contribution is 5.43. The van der Waals surface area contributed by atoms with Crippen molar-refractivity contribution in [2.24, 2.45) is 0 Å². The smallest absolute Gasteiger partial charge is 0.189 e. The lowest BCUT2D eigenvalue weighted by atomic mass is 10.1. The zero-order valence-corrected chi connectivity index (χ0v) is 6.17. The zero-order valence-electron chi connectivity index (χ0n) is 6.17. The van der Waals surface area contributed by atoms with Gasteiger partial charge in [-0.1, -0.05) is 18.2 Å². The van der Waals surface area contributed by atoms with E-state index in [0.29, 0.717) is 13.4 Å². The Morgan fingerprint density at radius 2 is 2.27 bits per heavy atom. The van der Waals surface area contributed by atoms with E-state index in [4.69, 9.17) is 9.47 Å². The molecule has 0 bridgehead atoms. The van der Waals surface area contributed by atoms with Crippen LogP contribution >= 0.6 is 0 Å². The third-order valence-electron chi connectivity index (χ3n) is 1.72. The maximum Gasteiger partial charge on any atom is 0.189 e. The molecule has 1 radical (unpaired) electrons. The van der Waals surface area contributed by atoms with Crippen molar-refractivity contribution in [3.8, 4) is 5.75 Å². The topological polar surface area (TPSA) is 18.5 Å². The molecule has 0 aliphatic carbocycles. The van der Waals surface area contributed by atoms with Crippen LogP contribution in [0.4, 0.5) is 0 Å². The molecule has 0 unspecified atom stereocenters. The Kier molecular flexibility index (Phi) is 1.55. The van der Waals surface area contributed by atoms with Crippen LogP contribution in [0.15, 0.2) is 18.2 Å². The molecule has 2 heteroatoms. The first-order valence-electron chi connectivity index (χ1n) is 3.52. The maximum absolute atomic E-state index is 5.27. The minimum atomic E-state index is 0.347. The summed E-state index contributed by atoms with van der Waals surface area (Å²) < 4.78 is 10.4. The molecule has 0 amide bonds. The fourth-order valence-corrected chi connectivity index (χ4v) is 1.19. The number of hydrogen-bond donors (Lipinski definition) is 0. The number of benzene rings is 1. The van der Waals surface area contributed by atoms with E-state index in [1.807, 2.05) is 18.2 Å². The zero-order chi connectivity index (χ0) is 7.68. The van der Waals surface area contributed by atoms with Crippen molar-refractivity contribution >= 4 is 0 Å².